The van der Waals surface area contributed by atoms with Crippen molar-refractivity contribution in [1.82, 2.24) is 0 Å². The maximum Gasteiger partial charge on any atom is 0.0998 e. The summed E-state index contributed by atoms with van der Waals surface area (Å²) >= 11 is 0. The fraction of sp³-hybridized carbons (Fsp3) is 0.133. The van der Waals surface area contributed by atoms with Gasteiger partial charge in [-0.25, -0.2) is 0 Å². The molecule has 0 saturated heterocycles. The van der Waals surface area contributed by atoms with Gasteiger partial charge in [0.2, 0.25) is 0 Å². The molecule has 1 heteroatoms. The number of aryl methyl sites for hydroxylation is 2. The van der Waals surface area contributed by atoms with Gasteiger partial charge >= 0.3 is 0 Å². The van der Waals surface area contributed by atoms with Crippen LogP contribution in [0.25, 0.3) is 11.1 Å². The van der Waals surface area contributed by atoms with Crippen molar-refractivity contribution in [1.29, 1.82) is 5.26 Å². The van der Waals surface area contributed by atoms with Crippen molar-refractivity contribution in [2.45, 2.75) is 13.8 Å². The van der Waals surface area contributed by atoms with Crippen LogP contribution >= 0.6 is 0 Å². The molecule has 0 saturated carbocycles. The SMILES string of the molecule is Cc1cc(C#N)c(-c2ccccc2)cc1C. The first-order chi connectivity index (χ1) is 7.72. The molecule has 0 bridgehead atoms. The number of rotatable bonds is 1. The Balaban J connectivity index is 2.66. The largest absolute Gasteiger partial charge is 0.192 e. The average molecular weight is 207 g/mol. The van der Waals surface area contributed by atoms with Crippen molar-refractivity contribution in [3.8, 4) is 17.2 Å². The lowest BCUT2D eigenvalue weighted by atomic mass is 9.95. The van der Waals surface area contributed by atoms with E-state index in [0.717, 1.165) is 22.3 Å². The summed E-state index contributed by atoms with van der Waals surface area (Å²) in [5, 5.41) is 9.15. The first-order valence-electron chi connectivity index (χ1n) is 5.29. The third-order valence-corrected chi connectivity index (χ3v) is 2.84. The molecule has 0 aromatic heterocycles. The molecule has 16 heavy (non-hydrogen) atoms. The Bertz CT molecular complexity index is 548. The van der Waals surface area contributed by atoms with Gasteiger partial charge in [0.25, 0.3) is 0 Å². The highest BCUT2D eigenvalue weighted by Crippen LogP contribution is 2.26. The lowest BCUT2D eigenvalue weighted by molar-refractivity contribution is 1.32. The molecule has 0 radical (unpaired) electrons. The van der Waals surface area contributed by atoms with Crippen molar-refractivity contribution in [3.05, 3.63) is 59.2 Å². The highest BCUT2D eigenvalue weighted by Gasteiger charge is 2.06. The molecule has 0 aliphatic carbocycles. The first kappa shape index (κ1) is 10.4. The van der Waals surface area contributed by atoms with E-state index in [1.54, 1.807) is 0 Å². The van der Waals surface area contributed by atoms with Crippen LogP contribution in [-0.4, -0.2) is 0 Å². The summed E-state index contributed by atoms with van der Waals surface area (Å²) in [5.41, 5.74) is 5.25. The molecule has 0 amide bonds. The smallest absolute Gasteiger partial charge is 0.0998 e. The predicted molar refractivity (Wildman–Crippen MR) is 66.1 cm³/mol. The van der Waals surface area contributed by atoms with Crippen LogP contribution in [-0.2, 0) is 0 Å². The monoisotopic (exact) mass is 207 g/mol. The van der Waals surface area contributed by atoms with E-state index < -0.39 is 0 Å². The Morgan fingerprint density at radius 3 is 2.19 bits per heavy atom. The van der Waals surface area contributed by atoms with E-state index in [1.807, 2.05) is 43.3 Å². The minimum absolute atomic E-state index is 0.745. The third-order valence-electron chi connectivity index (χ3n) is 2.84. The molecule has 0 unspecified atom stereocenters. The minimum atomic E-state index is 0.745. The molecule has 2 rings (SSSR count). The zero-order chi connectivity index (χ0) is 11.5. The zero-order valence-corrected chi connectivity index (χ0v) is 9.49. The Morgan fingerprint density at radius 1 is 0.938 bits per heavy atom. The molecule has 0 aliphatic rings. The van der Waals surface area contributed by atoms with Crippen molar-refractivity contribution in [3.63, 3.8) is 0 Å². The van der Waals surface area contributed by atoms with Gasteiger partial charge in [0.1, 0.15) is 0 Å². The number of nitrogens with zero attached hydrogens (tertiary/aromatic N) is 1. The molecule has 0 N–H and O–H groups in total. The summed E-state index contributed by atoms with van der Waals surface area (Å²) in [6, 6.07) is 16.3. The molecule has 2 aromatic rings. The van der Waals surface area contributed by atoms with E-state index in [1.165, 1.54) is 5.56 Å². The number of nitriles is 1. The molecule has 0 spiro atoms. The van der Waals surface area contributed by atoms with Crippen molar-refractivity contribution < 1.29 is 0 Å². The van der Waals surface area contributed by atoms with Crippen molar-refractivity contribution in [2.75, 3.05) is 0 Å². The molecular formula is C15H13N. The van der Waals surface area contributed by atoms with Crippen LogP contribution in [0.2, 0.25) is 0 Å². The summed E-state index contributed by atoms with van der Waals surface area (Å²) in [6.45, 7) is 4.11. The van der Waals surface area contributed by atoms with E-state index in [4.69, 9.17) is 5.26 Å². The zero-order valence-electron chi connectivity index (χ0n) is 9.49. The van der Waals surface area contributed by atoms with E-state index >= 15 is 0 Å². The summed E-state index contributed by atoms with van der Waals surface area (Å²) in [4.78, 5) is 0. The van der Waals surface area contributed by atoms with Gasteiger partial charge in [-0.1, -0.05) is 30.3 Å². The molecule has 0 fully saturated rings. The van der Waals surface area contributed by atoms with Gasteiger partial charge < -0.3 is 0 Å². The fourth-order valence-corrected chi connectivity index (χ4v) is 1.77. The van der Waals surface area contributed by atoms with Crippen LogP contribution in [0.15, 0.2) is 42.5 Å². The minimum Gasteiger partial charge on any atom is -0.192 e. The van der Waals surface area contributed by atoms with Crippen LogP contribution in [0, 0.1) is 25.2 Å². The summed E-state index contributed by atoms with van der Waals surface area (Å²) in [6.07, 6.45) is 0. The van der Waals surface area contributed by atoms with E-state index in [9.17, 15) is 0 Å². The van der Waals surface area contributed by atoms with Crippen LogP contribution in [0.3, 0.4) is 0 Å². The van der Waals surface area contributed by atoms with E-state index in [0.29, 0.717) is 0 Å². The van der Waals surface area contributed by atoms with Gasteiger partial charge in [-0.2, -0.15) is 5.26 Å². The van der Waals surface area contributed by atoms with Crippen LogP contribution in [0.5, 0.6) is 0 Å². The molecular weight excluding hydrogens is 194 g/mol. The molecule has 78 valence electrons. The van der Waals surface area contributed by atoms with Gasteiger partial charge in [0.05, 0.1) is 11.6 Å². The van der Waals surface area contributed by atoms with E-state index in [-0.39, 0.29) is 0 Å². The Hall–Kier alpha value is -2.07. The topological polar surface area (TPSA) is 23.8 Å². The number of hydrogen-bond donors (Lipinski definition) is 0. The number of hydrogen-bond acceptors (Lipinski definition) is 1. The predicted octanol–water partition coefficient (Wildman–Crippen LogP) is 3.84. The highest BCUT2D eigenvalue weighted by atomic mass is 14.2. The molecule has 0 aliphatic heterocycles. The van der Waals surface area contributed by atoms with Crippen molar-refractivity contribution in [2.24, 2.45) is 0 Å². The molecule has 0 atom stereocenters. The second-order valence-corrected chi connectivity index (χ2v) is 3.96. The standard InChI is InChI=1S/C15H13N/c1-11-8-14(10-16)15(9-12(11)2)13-6-4-3-5-7-13/h3-9H,1-2H3. The highest BCUT2D eigenvalue weighted by molar-refractivity contribution is 5.71. The Morgan fingerprint density at radius 2 is 1.56 bits per heavy atom. The maximum absolute atomic E-state index is 9.15. The summed E-state index contributed by atoms with van der Waals surface area (Å²) in [5.74, 6) is 0. The van der Waals surface area contributed by atoms with Crippen molar-refractivity contribution >= 4 is 0 Å². The van der Waals surface area contributed by atoms with Gasteiger partial charge in [0, 0.05) is 0 Å². The van der Waals surface area contributed by atoms with Gasteiger partial charge in [-0.05, 0) is 48.2 Å². The molecule has 2 aromatic carbocycles. The normalized spacial score (nSPS) is 9.81. The molecule has 1 nitrogen and oxygen atoms in total. The Kier molecular flexibility index (Phi) is 2.74. The molecule has 0 heterocycles. The third kappa shape index (κ3) is 1.83. The summed E-state index contributed by atoms with van der Waals surface area (Å²) in [7, 11) is 0. The Labute approximate surface area is 96.0 Å². The average Bonchev–Trinajstić information content (AvgIpc) is 2.33. The van der Waals surface area contributed by atoms with Gasteiger partial charge in [-0.15, -0.1) is 0 Å². The van der Waals surface area contributed by atoms with Crippen LogP contribution in [0.1, 0.15) is 16.7 Å². The summed E-state index contributed by atoms with van der Waals surface area (Å²) < 4.78 is 0. The number of benzene rings is 2. The second kappa shape index (κ2) is 4.20. The van der Waals surface area contributed by atoms with Gasteiger partial charge in [0.15, 0.2) is 0 Å². The lowest BCUT2D eigenvalue weighted by Gasteiger charge is -2.08. The van der Waals surface area contributed by atoms with Crippen LogP contribution < -0.4 is 0 Å². The van der Waals surface area contributed by atoms with E-state index in [2.05, 4.69) is 19.1 Å². The fourth-order valence-electron chi connectivity index (χ4n) is 1.77. The van der Waals surface area contributed by atoms with Gasteiger partial charge in [-0.3, -0.25) is 0 Å². The maximum atomic E-state index is 9.15. The quantitative estimate of drug-likeness (QED) is 0.697. The van der Waals surface area contributed by atoms with Crippen LogP contribution in [0.4, 0.5) is 0 Å². The second-order valence-electron chi connectivity index (χ2n) is 3.96. The first-order valence-corrected chi connectivity index (χ1v) is 5.29. The lowest BCUT2D eigenvalue weighted by Crippen LogP contribution is -1.89.